The molecule has 0 saturated carbocycles. The fraction of sp³-hybridized carbons (Fsp3) is 0.562. The molecular weight excluding hydrogens is 332 g/mol. The molecule has 2 unspecified atom stereocenters. The van der Waals surface area contributed by atoms with Crippen molar-refractivity contribution in [3.8, 4) is 5.75 Å². The number of ether oxygens (including phenoxy) is 1. The van der Waals surface area contributed by atoms with Crippen LogP contribution in [0.4, 0.5) is 0 Å². The maximum absolute atomic E-state index is 12.3. The molecule has 1 aromatic rings. The van der Waals surface area contributed by atoms with Crippen LogP contribution in [0.15, 0.2) is 22.7 Å². The lowest BCUT2D eigenvalue weighted by molar-refractivity contribution is -0.137. The Bertz CT molecular complexity index is 475. The molecule has 118 valence electrons. The lowest BCUT2D eigenvalue weighted by atomic mass is 10.1. The minimum absolute atomic E-state index is 0.0194. The van der Waals surface area contributed by atoms with Gasteiger partial charge in [-0.1, -0.05) is 15.9 Å². The highest BCUT2D eigenvalue weighted by molar-refractivity contribution is 9.10. The second-order valence-electron chi connectivity index (χ2n) is 4.96. The number of nitrogens with one attached hydrogen (secondary N) is 1. The molecule has 4 nitrogen and oxygen atoms in total. The van der Waals surface area contributed by atoms with Gasteiger partial charge >= 0.3 is 0 Å². The lowest BCUT2D eigenvalue weighted by Gasteiger charge is -2.25. The zero-order valence-corrected chi connectivity index (χ0v) is 15.0. The van der Waals surface area contributed by atoms with Gasteiger partial charge in [-0.3, -0.25) is 4.79 Å². The number of likely N-dealkylation sites (N-methyl/N-ethyl adjacent to an activating group) is 1. The average molecular weight is 357 g/mol. The maximum atomic E-state index is 12.3. The molecule has 5 heteroatoms. The van der Waals surface area contributed by atoms with E-state index in [9.17, 15) is 4.79 Å². The van der Waals surface area contributed by atoms with Gasteiger partial charge in [-0.15, -0.1) is 0 Å². The topological polar surface area (TPSA) is 41.6 Å². The summed E-state index contributed by atoms with van der Waals surface area (Å²) < 4.78 is 6.91. The van der Waals surface area contributed by atoms with Crippen LogP contribution in [0.5, 0.6) is 5.75 Å². The zero-order chi connectivity index (χ0) is 16.0. The summed E-state index contributed by atoms with van der Waals surface area (Å²) in [6.07, 6.45) is -0.492. The van der Waals surface area contributed by atoms with Crippen LogP contribution in [-0.2, 0) is 4.79 Å². The predicted molar refractivity (Wildman–Crippen MR) is 89.6 cm³/mol. The summed E-state index contributed by atoms with van der Waals surface area (Å²) in [5.74, 6) is 0.763. The molecule has 1 aromatic carbocycles. The first kappa shape index (κ1) is 18.0. The standard InChI is InChI=1S/C16H25BrN2O2/c1-6-19(7-2)16(20)12(4)21-15-9-8-13(17)10-14(15)11(3)18-5/h8-12,18H,6-7H2,1-5H3. The van der Waals surface area contributed by atoms with Gasteiger partial charge in [0, 0.05) is 29.2 Å². The number of nitrogens with zero attached hydrogens (tertiary/aromatic N) is 1. The Morgan fingerprint density at radius 1 is 1.33 bits per heavy atom. The largest absolute Gasteiger partial charge is 0.481 e. The first-order valence-electron chi connectivity index (χ1n) is 7.36. The Kier molecular flexibility index (Phi) is 7.18. The van der Waals surface area contributed by atoms with E-state index in [-0.39, 0.29) is 11.9 Å². The molecule has 0 saturated heterocycles. The van der Waals surface area contributed by atoms with E-state index in [4.69, 9.17) is 4.74 Å². The second kappa shape index (κ2) is 8.39. The number of halogens is 1. The zero-order valence-electron chi connectivity index (χ0n) is 13.4. The van der Waals surface area contributed by atoms with Crippen molar-refractivity contribution >= 4 is 21.8 Å². The number of amides is 1. The molecule has 1 amide bonds. The second-order valence-corrected chi connectivity index (χ2v) is 5.88. The minimum atomic E-state index is -0.492. The van der Waals surface area contributed by atoms with E-state index < -0.39 is 6.10 Å². The summed E-state index contributed by atoms with van der Waals surface area (Å²) in [6.45, 7) is 9.21. The van der Waals surface area contributed by atoms with Gasteiger partial charge in [0.15, 0.2) is 6.10 Å². The molecular formula is C16H25BrN2O2. The van der Waals surface area contributed by atoms with Crippen molar-refractivity contribution in [3.05, 3.63) is 28.2 Å². The van der Waals surface area contributed by atoms with Crippen LogP contribution in [0, 0.1) is 0 Å². The van der Waals surface area contributed by atoms with Crippen LogP contribution in [-0.4, -0.2) is 37.0 Å². The summed E-state index contributed by atoms with van der Waals surface area (Å²) in [4.78, 5) is 14.1. The number of benzene rings is 1. The van der Waals surface area contributed by atoms with Crippen LogP contribution >= 0.6 is 15.9 Å². The highest BCUT2D eigenvalue weighted by Crippen LogP contribution is 2.29. The Morgan fingerprint density at radius 2 is 1.95 bits per heavy atom. The summed E-state index contributed by atoms with van der Waals surface area (Å²) in [5.41, 5.74) is 1.03. The van der Waals surface area contributed by atoms with E-state index in [2.05, 4.69) is 28.2 Å². The number of hydrogen-bond acceptors (Lipinski definition) is 3. The molecule has 0 radical (unpaired) electrons. The number of carbonyl (C=O) groups excluding carboxylic acids is 1. The molecule has 1 N–H and O–H groups in total. The van der Waals surface area contributed by atoms with Crippen LogP contribution < -0.4 is 10.1 Å². The van der Waals surface area contributed by atoms with Gasteiger partial charge in [0.25, 0.3) is 5.91 Å². The fourth-order valence-electron chi connectivity index (χ4n) is 2.15. The van der Waals surface area contributed by atoms with Gasteiger partial charge in [-0.05, 0) is 52.9 Å². The van der Waals surface area contributed by atoms with Gasteiger partial charge in [0.1, 0.15) is 5.75 Å². The van der Waals surface area contributed by atoms with Gasteiger partial charge < -0.3 is 15.0 Å². The third-order valence-corrected chi connectivity index (χ3v) is 4.09. The summed E-state index contributed by atoms with van der Waals surface area (Å²) >= 11 is 3.48. The first-order valence-corrected chi connectivity index (χ1v) is 8.15. The third-order valence-electron chi connectivity index (χ3n) is 3.60. The van der Waals surface area contributed by atoms with Crippen LogP contribution in [0.2, 0.25) is 0 Å². The average Bonchev–Trinajstić information content (AvgIpc) is 2.49. The Morgan fingerprint density at radius 3 is 2.48 bits per heavy atom. The van der Waals surface area contributed by atoms with Crippen LogP contribution in [0.3, 0.4) is 0 Å². The van der Waals surface area contributed by atoms with Crippen molar-refractivity contribution in [2.45, 2.75) is 39.8 Å². The number of rotatable bonds is 7. The van der Waals surface area contributed by atoms with Crippen molar-refractivity contribution in [3.63, 3.8) is 0 Å². The molecule has 0 aromatic heterocycles. The van der Waals surface area contributed by atoms with E-state index >= 15 is 0 Å². The first-order chi connectivity index (χ1) is 9.94. The Hall–Kier alpha value is -1.07. The summed E-state index contributed by atoms with van der Waals surface area (Å²) in [5, 5.41) is 3.20. The molecule has 0 aliphatic heterocycles. The number of hydrogen-bond donors (Lipinski definition) is 1. The van der Waals surface area contributed by atoms with Crippen molar-refractivity contribution in [2.75, 3.05) is 20.1 Å². The highest BCUT2D eigenvalue weighted by atomic mass is 79.9. The molecule has 0 aliphatic carbocycles. The fourth-order valence-corrected chi connectivity index (χ4v) is 2.53. The van der Waals surface area contributed by atoms with E-state index in [1.165, 1.54) is 0 Å². The molecule has 0 fully saturated rings. The van der Waals surface area contributed by atoms with E-state index in [0.717, 1.165) is 15.8 Å². The van der Waals surface area contributed by atoms with Gasteiger partial charge in [0.05, 0.1) is 0 Å². The molecule has 0 aliphatic rings. The SMILES string of the molecule is CCN(CC)C(=O)C(C)Oc1ccc(Br)cc1C(C)NC. The van der Waals surface area contributed by atoms with E-state index in [1.54, 1.807) is 11.8 Å². The van der Waals surface area contributed by atoms with Crippen molar-refractivity contribution in [2.24, 2.45) is 0 Å². The van der Waals surface area contributed by atoms with E-state index in [0.29, 0.717) is 13.1 Å². The Balaban J connectivity index is 2.94. The van der Waals surface area contributed by atoms with Crippen molar-refractivity contribution in [1.82, 2.24) is 10.2 Å². The van der Waals surface area contributed by atoms with Crippen LogP contribution in [0.25, 0.3) is 0 Å². The third kappa shape index (κ3) is 4.71. The van der Waals surface area contributed by atoms with Crippen molar-refractivity contribution < 1.29 is 9.53 Å². The minimum Gasteiger partial charge on any atom is -0.481 e. The molecule has 21 heavy (non-hydrogen) atoms. The van der Waals surface area contributed by atoms with Crippen molar-refractivity contribution in [1.29, 1.82) is 0 Å². The normalized spacial score (nSPS) is 13.6. The molecule has 0 bridgehead atoms. The molecule has 0 spiro atoms. The highest BCUT2D eigenvalue weighted by Gasteiger charge is 2.21. The quantitative estimate of drug-likeness (QED) is 0.814. The van der Waals surface area contributed by atoms with Gasteiger partial charge in [0.2, 0.25) is 0 Å². The number of carbonyl (C=O) groups is 1. The smallest absolute Gasteiger partial charge is 0.263 e. The van der Waals surface area contributed by atoms with Crippen LogP contribution in [0.1, 0.15) is 39.3 Å². The van der Waals surface area contributed by atoms with E-state index in [1.807, 2.05) is 39.1 Å². The summed E-state index contributed by atoms with van der Waals surface area (Å²) in [7, 11) is 1.90. The molecule has 0 heterocycles. The van der Waals surface area contributed by atoms with Gasteiger partial charge in [-0.25, -0.2) is 0 Å². The monoisotopic (exact) mass is 356 g/mol. The maximum Gasteiger partial charge on any atom is 0.263 e. The molecule has 2 atom stereocenters. The Labute approximate surface area is 136 Å². The predicted octanol–water partition coefficient (Wildman–Crippen LogP) is 3.37. The molecule has 1 rings (SSSR count). The summed E-state index contributed by atoms with van der Waals surface area (Å²) in [6, 6.07) is 5.99. The lowest BCUT2D eigenvalue weighted by Crippen LogP contribution is -2.40. The van der Waals surface area contributed by atoms with Gasteiger partial charge in [-0.2, -0.15) is 0 Å².